The molecule has 0 aliphatic carbocycles. The SMILES string of the molecule is CCCNC(=O)[C@H](C)N(Cc1ccc(F)cc1)C(=O)CN(c1ccc2c(c1)OCCO2)S(C)(=O)=O. The molecule has 0 bridgehead atoms. The van der Waals surface area contributed by atoms with Gasteiger partial charge >= 0.3 is 0 Å². The zero-order valence-electron chi connectivity index (χ0n) is 20.0. The van der Waals surface area contributed by atoms with E-state index in [1.54, 1.807) is 13.0 Å². The van der Waals surface area contributed by atoms with E-state index in [-0.39, 0.29) is 18.1 Å². The number of fused-ring (bicyclic) bond motifs is 1. The standard InChI is InChI=1S/C24H30FN3O6S/c1-4-11-26-24(30)17(2)27(15-18-5-7-19(25)8-6-18)23(29)16-28(35(3,31)32)20-9-10-21-22(14-20)34-13-12-33-21/h5-10,14,17H,4,11-13,15-16H2,1-3H3,(H,26,30)/t17-/m0/s1. The van der Waals surface area contributed by atoms with Gasteiger partial charge in [-0.1, -0.05) is 19.1 Å². The summed E-state index contributed by atoms with van der Waals surface area (Å²) in [5.41, 5.74) is 0.829. The van der Waals surface area contributed by atoms with Crippen molar-refractivity contribution in [3.05, 3.63) is 53.8 Å². The molecule has 2 amide bonds. The number of ether oxygens (including phenoxy) is 2. The highest BCUT2D eigenvalue weighted by molar-refractivity contribution is 7.92. The normalized spacial score (nSPS) is 13.6. The van der Waals surface area contributed by atoms with Crippen LogP contribution in [0.25, 0.3) is 0 Å². The molecule has 9 nitrogen and oxygen atoms in total. The van der Waals surface area contributed by atoms with Crippen molar-refractivity contribution in [1.29, 1.82) is 0 Å². The third-order valence-corrected chi connectivity index (χ3v) is 6.62. The fourth-order valence-electron chi connectivity index (χ4n) is 3.57. The molecule has 1 heterocycles. The van der Waals surface area contributed by atoms with Crippen LogP contribution >= 0.6 is 0 Å². The second-order valence-electron chi connectivity index (χ2n) is 8.21. The van der Waals surface area contributed by atoms with Crippen molar-refractivity contribution < 1.29 is 31.9 Å². The maximum atomic E-state index is 13.5. The lowest BCUT2D eigenvalue weighted by Gasteiger charge is -2.31. The Balaban J connectivity index is 1.90. The lowest BCUT2D eigenvalue weighted by atomic mass is 10.1. The summed E-state index contributed by atoms with van der Waals surface area (Å²) in [6, 6.07) is 9.29. The minimum Gasteiger partial charge on any atom is -0.486 e. The van der Waals surface area contributed by atoms with Crippen molar-refractivity contribution in [3.63, 3.8) is 0 Å². The molecule has 1 atom stereocenters. The van der Waals surface area contributed by atoms with Gasteiger partial charge in [-0.3, -0.25) is 13.9 Å². The second-order valence-corrected chi connectivity index (χ2v) is 10.1. The summed E-state index contributed by atoms with van der Waals surface area (Å²) in [7, 11) is -3.87. The predicted molar refractivity (Wildman–Crippen MR) is 129 cm³/mol. The molecular formula is C24H30FN3O6S. The number of carbonyl (C=O) groups excluding carboxylic acids is 2. The molecule has 0 spiro atoms. The van der Waals surface area contributed by atoms with Gasteiger partial charge in [-0.15, -0.1) is 0 Å². The number of halogens is 1. The number of nitrogens with one attached hydrogen (secondary N) is 1. The number of hydrogen-bond donors (Lipinski definition) is 1. The molecule has 2 aromatic carbocycles. The molecule has 2 aromatic rings. The highest BCUT2D eigenvalue weighted by atomic mass is 32.2. The first kappa shape index (κ1) is 26.3. The molecule has 11 heteroatoms. The van der Waals surface area contributed by atoms with E-state index in [2.05, 4.69) is 5.32 Å². The minimum atomic E-state index is -3.87. The monoisotopic (exact) mass is 507 g/mol. The van der Waals surface area contributed by atoms with E-state index >= 15 is 0 Å². The molecule has 190 valence electrons. The van der Waals surface area contributed by atoms with Crippen molar-refractivity contribution in [2.75, 3.05) is 36.9 Å². The van der Waals surface area contributed by atoms with Crippen LogP contribution in [0.4, 0.5) is 10.1 Å². The number of carbonyl (C=O) groups is 2. The number of rotatable bonds is 10. The minimum absolute atomic E-state index is 0.00142. The highest BCUT2D eigenvalue weighted by Crippen LogP contribution is 2.34. The molecule has 0 radical (unpaired) electrons. The van der Waals surface area contributed by atoms with Crippen LogP contribution in [0, 0.1) is 5.82 Å². The Hall–Kier alpha value is -3.34. The number of nitrogens with zero attached hydrogens (tertiary/aromatic N) is 2. The van der Waals surface area contributed by atoms with Gasteiger partial charge in [0.05, 0.1) is 11.9 Å². The quantitative estimate of drug-likeness (QED) is 0.529. The average molecular weight is 508 g/mol. The first-order chi connectivity index (χ1) is 16.6. The summed E-state index contributed by atoms with van der Waals surface area (Å²) in [5.74, 6) is -0.521. The van der Waals surface area contributed by atoms with Gasteiger partial charge in [0.25, 0.3) is 0 Å². The molecule has 0 fully saturated rings. The Bertz CT molecular complexity index is 1160. The lowest BCUT2D eigenvalue weighted by molar-refractivity contribution is -0.139. The Morgan fingerprint density at radius 3 is 2.37 bits per heavy atom. The third-order valence-electron chi connectivity index (χ3n) is 5.48. The fourth-order valence-corrected chi connectivity index (χ4v) is 4.41. The Morgan fingerprint density at radius 2 is 1.74 bits per heavy atom. The van der Waals surface area contributed by atoms with Gasteiger partial charge in [0.2, 0.25) is 21.8 Å². The van der Waals surface area contributed by atoms with Gasteiger partial charge in [-0.05, 0) is 43.2 Å². The highest BCUT2D eigenvalue weighted by Gasteiger charge is 2.30. The number of benzene rings is 2. The van der Waals surface area contributed by atoms with E-state index in [1.165, 1.54) is 41.3 Å². The van der Waals surface area contributed by atoms with E-state index < -0.39 is 34.3 Å². The molecule has 0 aromatic heterocycles. The summed E-state index contributed by atoms with van der Waals surface area (Å²) in [6.07, 6.45) is 1.72. The maximum Gasteiger partial charge on any atom is 0.244 e. The molecule has 1 aliphatic heterocycles. The summed E-state index contributed by atoms with van der Waals surface area (Å²) in [5, 5.41) is 2.76. The van der Waals surface area contributed by atoms with Crippen LogP contribution in [0.3, 0.4) is 0 Å². The number of sulfonamides is 1. The second kappa shape index (κ2) is 11.4. The predicted octanol–water partition coefficient (Wildman–Crippen LogP) is 2.31. The van der Waals surface area contributed by atoms with Crippen molar-refractivity contribution in [3.8, 4) is 11.5 Å². The molecule has 1 aliphatic rings. The summed E-state index contributed by atoms with van der Waals surface area (Å²) < 4.78 is 50.7. The molecular weight excluding hydrogens is 477 g/mol. The molecule has 0 saturated heterocycles. The van der Waals surface area contributed by atoms with Crippen LogP contribution in [-0.4, -0.2) is 63.7 Å². The van der Waals surface area contributed by atoms with Crippen molar-refractivity contribution in [2.24, 2.45) is 0 Å². The lowest BCUT2D eigenvalue weighted by Crippen LogP contribution is -2.51. The van der Waals surface area contributed by atoms with Crippen LogP contribution in [0.15, 0.2) is 42.5 Å². The first-order valence-corrected chi connectivity index (χ1v) is 13.1. The summed E-state index contributed by atoms with van der Waals surface area (Å²) in [6.45, 7) is 4.09. The Kier molecular flexibility index (Phi) is 8.55. The summed E-state index contributed by atoms with van der Waals surface area (Å²) in [4.78, 5) is 27.4. The fraction of sp³-hybridized carbons (Fsp3) is 0.417. The third kappa shape index (κ3) is 6.84. The summed E-state index contributed by atoms with van der Waals surface area (Å²) >= 11 is 0. The van der Waals surface area contributed by atoms with Gasteiger partial charge in [0.15, 0.2) is 11.5 Å². The average Bonchev–Trinajstić information content (AvgIpc) is 2.83. The number of anilines is 1. The van der Waals surface area contributed by atoms with Gasteiger partial charge in [-0.2, -0.15) is 0 Å². The molecule has 0 unspecified atom stereocenters. The van der Waals surface area contributed by atoms with E-state index in [0.717, 1.165) is 17.0 Å². The molecule has 35 heavy (non-hydrogen) atoms. The smallest absolute Gasteiger partial charge is 0.244 e. The van der Waals surface area contributed by atoms with Crippen LogP contribution in [-0.2, 0) is 26.2 Å². The van der Waals surface area contributed by atoms with Crippen molar-refractivity contribution >= 4 is 27.5 Å². The molecule has 1 N–H and O–H groups in total. The number of hydrogen-bond acceptors (Lipinski definition) is 6. The van der Waals surface area contributed by atoms with Crippen molar-refractivity contribution in [2.45, 2.75) is 32.9 Å². The zero-order valence-corrected chi connectivity index (χ0v) is 20.8. The van der Waals surface area contributed by atoms with E-state index in [4.69, 9.17) is 9.47 Å². The van der Waals surface area contributed by atoms with Crippen LogP contribution in [0.5, 0.6) is 11.5 Å². The van der Waals surface area contributed by atoms with Crippen LogP contribution in [0.2, 0.25) is 0 Å². The largest absolute Gasteiger partial charge is 0.486 e. The van der Waals surface area contributed by atoms with Crippen molar-refractivity contribution in [1.82, 2.24) is 10.2 Å². The van der Waals surface area contributed by atoms with Crippen LogP contribution in [0.1, 0.15) is 25.8 Å². The topological polar surface area (TPSA) is 105 Å². The number of amides is 2. The Labute approximate surface area is 204 Å². The van der Waals surface area contributed by atoms with Gasteiger partial charge in [0, 0.05) is 19.2 Å². The molecule has 3 rings (SSSR count). The first-order valence-electron chi connectivity index (χ1n) is 11.3. The van der Waals surface area contributed by atoms with Gasteiger partial charge in [-0.25, -0.2) is 12.8 Å². The van der Waals surface area contributed by atoms with E-state index in [0.29, 0.717) is 36.8 Å². The van der Waals surface area contributed by atoms with Gasteiger partial charge < -0.3 is 19.7 Å². The van der Waals surface area contributed by atoms with Crippen LogP contribution < -0.4 is 19.1 Å². The van der Waals surface area contributed by atoms with Gasteiger partial charge in [0.1, 0.15) is 31.6 Å². The Morgan fingerprint density at radius 1 is 1.09 bits per heavy atom. The zero-order chi connectivity index (χ0) is 25.6. The van der Waals surface area contributed by atoms with E-state index in [1.807, 2.05) is 6.92 Å². The molecule has 0 saturated carbocycles. The van der Waals surface area contributed by atoms with E-state index in [9.17, 15) is 22.4 Å². The maximum absolute atomic E-state index is 13.5.